The van der Waals surface area contributed by atoms with Crippen molar-refractivity contribution in [1.29, 1.82) is 0 Å². The summed E-state index contributed by atoms with van der Waals surface area (Å²) in [6, 6.07) is 13.9. The number of nitrogens with one attached hydrogen (secondary N) is 1. The predicted octanol–water partition coefficient (Wildman–Crippen LogP) is 5.43. The highest BCUT2D eigenvalue weighted by atomic mass is 16.8. The van der Waals surface area contributed by atoms with Crippen molar-refractivity contribution < 1.29 is 28.5 Å². The molecule has 0 amide bonds. The van der Waals surface area contributed by atoms with Crippen LogP contribution in [0.15, 0.2) is 42.5 Å². The van der Waals surface area contributed by atoms with Crippen molar-refractivity contribution in [2.75, 3.05) is 13.3 Å². The fourth-order valence-electron chi connectivity index (χ4n) is 6.87. The molecule has 196 valence electrons. The quantitative estimate of drug-likeness (QED) is 0.397. The Morgan fingerprint density at radius 2 is 1.84 bits per heavy atom. The molecule has 2 aromatic rings. The van der Waals surface area contributed by atoms with Crippen LogP contribution in [0.3, 0.4) is 0 Å². The van der Waals surface area contributed by atoms with E-state index < -0.39 is 6.16 Å². The smallest absolute Gasteiger partial charge is 0.457 e. The fraction of sp³-hybridized carbons (Fsp3) is 0.533. The minimum Gasteiger partial charge on any atom is -0.457 e. The van der Waals surface area contributed by atoms with Gasteiger partial charge in [-0.2, -0.15) is 0 Å². The van der Waals surface area contributed by atoms with E-state index in [0.29, 0.717) is 23.3 Å². The van der Waals surface area contributed by atoms with Gasteiger partial charge in [0.25, 0.3) is 0 Å². The van der Waals surface area contributed by atoms with Crippen LogP contribution in [0, 0.1) is 5.92 Å². The maximum atomic E-state index is 13.5. The van der Waals surface area contributed by atoms with E-state index in [1.165, 1.54) is 24.8 Å². The van der Waals surface area contributed by atoms with Gasteiger partial charge in [0.2, 0.25) is 6.79 Å². The minimum atomic E-state index is -0.711. The Hall–Kier alpha value is -3.06. The van der Waals surface area contributed by atoms with Gasteiger partial charge in [-0.25, -0.2) is 9.59 Å². The third-order valence-electron chi connectivity index (χ3n) is 8.90. The summed E-state index contributed by atoms with van der Waals surface area (Å²) in [5.41, 5.74) is 3.83. The molecule has 4 aliphatic rings. The van der Waals surface area contributed by atoms with E-state index in [2.05, 4.69) is 11.4 Å². The summed E-state index contributed by atoms with van der Waals surface area (Å²) < 4.78 is 22.1. The number of hydrogen-bond donors (Lipinski definition) is 1. The zero-order valence-corrected chi connectivity index (χ0v) is 21.2. The van der Waals surface area contributed by atoms with Crippen LogP contribution in [0.2, 0.25) is 0 Å². The summed E-state index contributed by atoms with van der Waals surface area (Å²) in [4.78, 5) is 25.4. The minimum absolute atomic E-state index is 0.0413. The monoisotopic (exact) mass is 505 g/mol. The molecule has 1 saturated heterocycles. The van der Waals surface area contributed by atoms with E-state index >= 15 is 0 Å². The van der Waals surface area contributed by atoms with Gasteiger partial charge < -0.3 is 24.3 Å². The lowest BCUT2D eigenvalue weighted by atomic mass is 9.52. The number of benzene rings is 2. The molecule has 2 saturated carbocycles. The zero-order valence-electron chi connectivity index (χ0n) is 21.2. The van der Waals surface area contributed by atoms with Crippen LogP contribution >= 0.6 is 0 Å². The molecular formula is C30H35NO6. The van der Waals surface area contributed by atoms with Crippen LogP contribution in [0.1, 0.15) is 78.4 Å². The average molecular weight is 506 g/mol. The first kappa shape index (κ1) is 24.3. The lowest BCUT2D eigenvalue weighted by molar-refractivity contribution is -0.0328. The number of rotatable bonds is 7. The molecule has 37 heavy (non-hydrogen) atoms. The molecule has 0 unspecified atom stereocenters. The van der Waals surface area contributed by atoms with E-state index in [1.807, 2.05) is 30.3 Å². The van der Waals surface area contributed by atoms with Crippen molar-refractivity contribution in [3.8, 4) is 5.75 Å². The number of carbonyl (C=O) groups excluding carboxylic acids is 2. The first-order valence-electron chi connectivity index (χ1n) is 13.7. The van der Waals surface area contributed by atoms with Gasteiger partial charge >= 0.3 is 12.1 Å². The second-order valence-corrected chi connectivity index (χ2v) is 10.9. The lowest BCUT2D eigenvalue weighted by Gasteiger charge is -2.56. The van der Waals surface area contributed by atoms with Gasteiger partial charge in [-0.3, -0.25) is 0 Å². The van der Waals surface area contributed by atoms with Crippen LogP contribution in [0.25, 0.3) is 0 Å². The van der Waals surface area contributed by atoms with Crippen molar-refractivity contribution in [3.63, 3.8) is 0 Å². The molecule has 1 heterocycles. The van der Waals surface area contributed by atoms with Gasteiger partial charge in [-0.15, -0.1) is 0 Å². The van der Waals surface area contributed by atoms with Crippen LogP contribution in [0.4, 0.5) is 4.79 Å². The van der Waals surface area contributed by atoms with Gasteiger partial charge in [0.1, 0.15) is 18.5 Å². The van der Waals surface area contributed by atoms with Gasteiger partial charge in [-0.1, -0.05) is 43.2 Å². The second kappa shape index (κ2) is 10.4. The van der Waals surface area contributed by atoms with Crippen LogP contribution in [0.5, 0.6) is 5.75 Å². The molecule has 6 rings (SSSR count). The van der Waals surface area contributed by atoms with E-state index in [1.54, 1.807) is 6.07 Å². The largest absolute Gasteiger partial charge is 0.511 e. The molecule has 0 spiro atoms. The molecule has 0 aromatic heterocycles. The molecule has 0 radical (unpaired) electrons. The molecule has 3 aliphatic carbocycles. The standard InChI is InChI=1S/C30H35NO6/c32-28(34-18-20-7-2-1-3-8-20)24-15-22(35-19-36-29(33)37-21-9-6-10-21)16-26-23(24)17-27-25-11-4-5-12-30(25,26)13-14-31-27/h1-3,7-8,15-16,21,25,27,31H,4-6,9-14,17-19H2/t25-,27+,30+/m0/s1. The molecule has 1 N–H and O–H groups in total. The Bertz CT molecular complexity index is 1140. The van der Waals surface area contributed by atoms with Gasteiger partial charge in [0, 0.05) is 11.5 Å². The summed E-state index contributed by atoms with van der Waals surface area (Å²) in [5.74, 6) is 0.733. The summed E-state index contributed by atoms with van der Waals surface area (Å²) in [6.45, 7) is 0.935. The van der Waals surface area contributed by atoms with Gasteiger partial charge in [-0.05, 0) is 86.2 Å². The predicted molar refractivity (Wildman–Crippen MR) is 136 cm³/mol. The second-order valence-electron chi connectivity index (χ2n) is 10.9. The van der Waals surface area contributed by atoms with Crippen molar-refractivity contribution >= 4 is 12.1 Å². The topological polar surface area (TPSA) is 83.1 Å². The molecule has 2 aromatic carbocycles. The molecule has 2 bridgehead atoms. The SMILES string of the molecule is O=C(OCOc1cc(C(=O)OCc2ccccc2)c2c(c1)[C@@]13CCCC[C@H]1[C@@H](C2)NCC3)OC1CCC1. The lowest BCUT2D eigenvalue weighted by Crippen LogP contribution is -2.59. The number of carbonyl (C=O) groups is 2. The van der Waals surface area contributed by atoms with Crippen molar-refractivity contribution in [2.24, 2.45) is 5.92 Å². The maximum absolute atomic E-state index is 13.5. The highest BCUT2D eigenvalue weighted by Crippen LogP contribution is 2.55. The fourth-order valence-corrected chi connectivity index (χ4v) is 6.87. The third-order valence-corrected chi connectivity index (χ3v) is 8.90. The number of ether oxygens (including phenoxy) is 4. The maximum Gasteiger partial charge on any atom is 0.511 e. The third kappa shape index (κ3) is 4.81. The average Bonchev–Trinajstić information content (AvgIpc) is 2.90. The summed E-state index contributed by atoms with van der Waals surface area (Å²) in [7, 11) is 0. The number of fused-ring (bicyclic) bond motifs is 1. The molecule has 7 heteroatoms. The highest BCUT2D eigenvalue weighted by molar-refractivity contribution is 5.92. The molecular weight excluding hydrogens is 470 g/mol. The first-order chi connectivity index (χ1) is 18.1. The van der Waals surface area contributed by atoms with E-state index in [0.717, 1.165) is 56.2 Å². The van der Waals surface area contributed by atoms with E-state index in [9.17, 15) is 9.59 Å². The number of piperidine rings is 1. The number of hydrogen-bond acceptors (Lipinski definition) is 7. The van der Waals surface area contributed by atoms with Crippen LogP contribution in [-0.2, 0) is 32.7 Å². The normalized spacial score (nSPS) is 26.2. The molecule has 7 nitrogen and oxygen atoms in total. The zero-order chi connectivity index (χ0) is 25.2. The molecule has 3 atom stereocenters. The van der Waals surface area contributed by atoms with Gasteiger partial charge in [0.15, 0.2) is 0 Å². The number of esters is 1. The van der Waals surface area contributed by atoms with Crippen molar-refractivity contribution in [2.45, 2.75) is 82.0 Å². The van der Waals surface area contributed by atoms with E-state index in [-0.39, 0.29) is 30.9 Å². The summed E-state index contributed by atoms with van der Waals surface area (Å²) in [6.07, 6.45) is 8.71. The Balaban J connectivity index is 1.27. The summed E-state index contributed by atoms with van der Waals surface area (Å²) >= 11 is 0. The molecule has 3 fully saturated rings. The Morgan fingerprint density at radius 3 is 2.65 bits per heavy atom. The van der Waals surface area contributed by atoms with Gasteiger partial charge in [0.05, 0.1) is 5.56 Å². The van der Waals surface area contributed by atoms with Crippen LogP contribution < -0.4 is 10.1 Å². The first-order valence-corrected chi connectivity index (χ1v) is 13.7. The highest BCUT2D eigenvalue weighted by Gasteiger charge is 2.52. The van der Waals surface area contributed by atoms with Crippen LogP contribution in [-0.4, -0.2) is 37.6 Å². The molecule has 1 aliphatic heterocycles. The summed E-state index contributed by atoms with van der Waals surface area (Å²) in [5, 5.41) is 3.74. The van der Waals surface area contributed by atoms with Crippen molar-refractivity contribution in [3.05, 3.63) is 64.7 Å². The van der Waals surface area contributed by atoms with Crippen molar-refractivity contribution in [1.82, 2.24) is 5.32 Å². The Labute approximate surface area is 217 Å². The Morgan fingerprint density at radius 1 is 0.973 bits per heavy atom. The van der Waals surface area contributed by atoms with E-state index in [4.69, 9.17) is 18.9 Å². The Kier molecular flexibility index (Phi) is 6.80.